The lowest BCUT2D eigenvalue weighted by Crippen LogP contribution is -2.57. The minimum atomic E-state index is -2.09. The molecule has 6 heteroatoms. The monoisotopic (exact) mass is 450 g/mol. The second kappa shape index (κ2) is 11.8. The quantitative estimate of drug-likeness (QED) is 0.451. The minimum absolute atomic E-state index is 0.0627. The summed E-state index contributed by atoms with van der Waals surface area (Å²) in [5.74, 6) is -0.775. The molecule has 0 aromatic heterocycles. The van der Waals surface area contributed by atoms with Crippen molar-refractivity contribution < 1.29 is 28.1 Å². The van der Waals surface area contributed by atoms with Crippen LogP contribution in [-0.4, -0.2) is 37.1 Å². The van der Waals surface area contributed by atoms with Crippen LogP contribution >= 0.6 is 0 Å². The number of rotatable bonds is 10. The number of alkyl halides is 1. The number of ketones is 1. The third-order valence-electron chi connectivity index (χ3n) is 5.41. The van der Waals surface area contributed by atoms with Gasteiger partial charge in [0, 0.05) is 0 Å². The van der Waals surface area contributed by atoms with Crippen molar-refractivity contribution in [2.75, 3.05) is 6.61 Å². The van der Waals surface area contributed by atoms with Gasteiger partial charge in [-0.15, -0.1) is 0 Å². The summed E-state index contributed by atoms with van der Waals surface area (Å²) in [4.78, 5) is 12.7. The summed E-state index contributed by atoms with van der Waals surface area (Å²) in [6, 6.07) is 28.7. The molecule has 0 N–H and O–H groups in total. The third-order valence-corrected chi connectivity index (χ3v) is 5.41. The molecule has 1 aliphatic heterocycles. The van der Waals surface area contributed by atoms with E-state index in [2.05, 4.69) is 0 Å². The molecule has 3 aromatic rings. The van der Waals surface area contributed by atoms with Crippen LogP contribution in [0.1, 0.15) is 16.7 Å². The summed E-state index contributed by atoms with van der Waals surface area (Å²) in [5.41, 5.74) is 2.80. The molecule has 0 saturated carbocycles. The molecule has 5 nitrogen and oxygen atoms in total. The van der Waals surface area contributed by atoms with E-state index in [1.165, 1.54) is 0 Å². The maximum Gasteiger partial charge on any atom is 0.261 e. The lowest BCUT2D eigenvalue weighted by molar-refractivity contribution is -0.232. The zero-order valence-electron chi connectivity index (χ0n) is 18.2. The molecular formula is C27H27FO5. The topological polar surface area (TPSA) is 54.0 Å². The van der Waals surface area contributed by atoms with Gasteiger partial charge in [0.25, 0.3) is 6.36 Å². The highest BCUT2D eigenvalue weighted by atomic mass is 19.1. The van der Waals surface area contributed by atoms with Crippen LogP contribution in [0.4, 0.5) is 4.39 Å². The van der Waals surface area contributed by atoms with Gasteiger partial charge in [0.15, 0.2) is 6.10 Å². The molecule has 0 bridgehead atoms. The third kappa shape index (κ3) is 6.55. The van der Waals surface area contributed by atoms with E-state index in [1.54, 1.807) is 0 Å². The zero-order valence-corrected chi connectivity index (χ0v) is 18.2. The molecule has 0 amide bonds. The van der Waals surface area contributed by atoms with Crippen LogP contribution in [0.25, 0.3) is 0 Å². The van der Waals surface area contributed by atoms with E-state index in [0.29, 0.717) is 6.61 Å². The van der Waals surface area contributed by atoms with Crippen molar-refractivity contribution >= 4 is 5.78 Å². The molecule has 172 valence electrons. The van der Waals surface area contributed by atoms with Gasteiger partial charge in [-0.1, -0.05) is 91.0 Å². The summed E-state index contributed by atoms with van der Waals surface area (Å²) >= 11 is 0. The van der Waals surface area contributed by atoms with Crippen LogP contribution in [-0.2, 0) is 43.6 Å². The van der Waals surface area contributed by atoms with Gasteiger partial charge in [-0.3, -0.25) is 4.79 Å². The fourth-order valence-electron chi connectivity index (χ4n) is 3.68. The van der Waals surface area contributed by atoms with E-state index in [-0.39, 0.29) is 19.8 Å². The first kappa shape index (κ1) is 23.3. The Kier molecular flexibility index (Phi) is 8.33. The lowest BCUT2D eigenvalue weighted by atomic mass is 10.00. The number of hydrogen-bond acceptors (Lipinski definition) is 5. The summed E-state index contributed by atoms with van der Waals surface area (Å²) in [7, 11) is 0. The summed E-state index contributed by atoms with van der Waals surface area (Å²) in [6.45, 7) is 0.798. The summed E-state index contributed by atoms with van der Waals surface area (Å²) < 4.78 is 37.7. The minimum Gasteiger partial charge on any atom is -0.374 e. The van der Waals surface area contributed by atoms with Gasteiger partial charge in [0.05, 0.1) is 26.4 Å². The molecule has 0 spiro atoms. The van der Waals surface area contributed by atoms with Gasteiger partial charge < -0.3 is 18.9 Å². The first-order chi connectivity index (χ1) is 16.2. The van der Waals surface area contributed by atoms with E-state index in [0.717, 1.165) is 16.7 Å². The summed E-state index contributed by atoms with van der Waals surface area (Å²) in [5, 5.41) is 0. The van der Waals surface area contributed by atoms with Gasteiger partial charge >= 0.3 is 0 Å². The zero-order chi connectivity index (χ0) is 22.9. The Balaban J connectivity index is 1.46. The molecule has 1 saturated heterocycles. The largest absolute Gasteiger partial charge is 0.374 e. The number of benzene rings is 3. The van der Waals surface area contributed by atoms with Gasteiger partial charge in [0.2, 0.25) is 5.78 Å². The van der Waals surface area contributed by atoms with Crippen molar-refractivity contribution in [2.45, 2.75) is 44.5 Å². The lowest BCUT2D eigenvalue weighted by Gasteiger charge is -2.38. The number of hydrogen-bond donors (Lipinski definition) is 0. The van der Waals surface area contributed by atoms with Crippen molar-refractivity contribution in [3.8, 4) is 0 Å². The fourth-order valence-corrected chi connectivity index (χ4v) is 3.68. The average Bonchev–Trinajstić information content (AvgIpc) is 2.86. The Labute approximate surface area is 193 Å². The Morgan fingerprint density at radius 1 is 0.697 bits per heavy atom. The highest BCUT2D eigenvalue weighted by Crippen LogP contribution is 2.26. The van der Waals surface area contributed by atoms with E-state index in [1.807, 2.05) is 91.0 Å². The van der Waals surface area contributed by atoms with Crippen molar-refractivity contribution in [3.63, 3.8) is 0 Å². The van der Waals surface area contributed by atoms with Crippen LogP contribution in [0.3, 0.4) is 0 Å². The molecule has 4 rings (SSSR count). The predicted molar refractivity (Wildman–Crippen MR) is 121 cm³/mol. The number of carbonyl (C=O) groups is 1. The van der Waals surface area contributed by atoms with E-state index in [4.69, 9.17) is 18.9 Å². The second-order valence-corrected chi connectivity index (χ2v) is 7.87. The van der Waals surface area contributed by atoms with Crippen LogP contribution in [0.5, 0.6) is 0 Å². The van der Waals surface area contributed by atoms with E-state index >= 15 is 0 Å². The molecular weight excluding hydrogens is 423 g/mol. The Bertz CT molecular complexity index is 983. The van der Waals surface area contributed by atoms with Crippen molar-refractivity contribution in [3.05, 3.63) is 108 Å². The highest BCUT2D eigenvalue weighted by Gasteiger charge is 2.47. The molecule has 0 aliphatic carbocycles. The first-order valence-electron chi connectivity index (χ1n) is 11.0. The maximum absolute atomic E-state index is 14.5. The highest BCUT2D eigenvalue weighted by molar-refractivity contribution is 5.87. The Morgan fingerprint density at radius 2 is 1.18 bits per heavy atom. The van der Waals surface area contributed by atoms with Gasteiger partial charge in [0.1, 0.15) is 12.2 Å². The van der Waals surface area contributed by atoms with Crippen molar-refractivity contribution in [1.82, 2.24) is 0 Å². The van der Waals surface area contributed by atoms with Gasteiger partial charge in [-0.25, -0.2) is 4.39 Å². The average molecular weight is 451 g/mol. The molecule has 4 atom stereocenters. The smallest absolute Gasteiger partial charge is 0.261 e. The van der Waals surface area contributed by atoms with Crippen molar-refractivity contribution in [1.29, 1.82) is 0 Å². The number of ether oxygens (including phenoxy) is 4. The molecule has 33 heavy (non-hydrogen) atoms. The Morgan fingerprint density at radius 3 is 1.73 bits per heavy atom. The molecule has 1 heterocycles. The fraction of sp³-hybridized carbons (Fsp3) is 0.296. The first-order valence-corrected chi connectivity index (χ1v) is 11.0. The number of halogens is 1. The Hall–Kier alpha value is -2.90. The number of carbonyl (C=O) groups excluding carboxylic acids is 1. The number of Topliss-reactive ketones (excluding diaryl/α,β-unsaturated/α-hetero) is 1. The molecule has 1 fully saturated rings. The normalized spacial score (nSPS) is 22.9. The van der Waals surface area contributed by atoms with E-state index in [9.17, 15) is 9.18 Å². The van der Waals surface area contributed by atoms with Crippen LogP contribution in [0, 0.1) is 0 Å². The van der Waals surface area contributed by atoms with Crippen molar-refractivity contribution in [2.24, 2.45) is 0 Å². The standard InChI is InChI=1S/C27H27FO5/c28-27-24(29)26(32-18-22-14-8-3-9-15-22)25(31-17-21-12-6-2-7-13-21)23(33-27)19-30-16-20-10-4-1-5-11-20/h1-15,23,25-27H,16-19H2/t23-,25-,26-,27-/m1/s1. The molecule has 0 radical (unpaired) electrons. The van der Waals surface area contributed by atoms with Gasteiger partial charge in [-0.2, -0.15) is 0 Å². The van der Waals surface area contributed by atoms with Crippen LogP contribution in [0.2, 0.25) is 0 Å². The maximum atomic E-state index is 14.5. The predicted octanol–water partition coefficient (Wildman–Crippen LogP) is 4.64. The van der Waals surface area contributed by atoms with Crippen LogP contribution in [0.15, 0.2) is 91.0 Å². The molecule has 3 aromatic carbocycles. The second-order valence-electron chi connectivity index (χ2n) is 7.87. The molecule has 0 unspecified atom stereocenters. The molecule has 1 aliphatic rings. The van der Waals surface area contributed by atoms with Crippen LogP contribution < -0.4 is 0 Å². The van der Waals surface area contributed by atoms with E-state index < -0.39 is 30.5 Å². The van der Waals surface area contributed by atoms with Gasteiger partial charge in [-0.05, 0) is 16.7 Å². The SMILES string of the molecule is O=C1[C@H](F)O[C@H](COCc2ccccc2)[C@@H](OCc2ccccc2)[C@@H]1OCc1ccccc1. The summed E-state index contributed by atoms with van der Waals surface area (Å²) in [6.07, 6.45) is -4.81.